The van der Waals surface area contributed by atoms with Crippen LogP contribution in [-0.4, -0.2) is 33.2 Å². The maximum atomic E-state index is 12.6. The first-order valence-corrected chi connectivity index (χ1v) is 17.0. The van der Waals surface area contributed by atoms with E-state index < -0.39 is 14.2 Å². The molecule has 0 aliphatic rings. The van der Waals surface area contributed by atoms with Gasteiger partial charge in [0.15, 0.2) is 0 Å². The zero-order chi connectivity index (χ0) is 28.9. The van der Waals surface area contributed by atoms with E-state index in [-0.39, 0.29) is 12.5 Å². The van der Waals surface area contributed by atoms with Gasteiger partial charge >= 0.3 is 179 Å². The normalized spacial score (nSPS) is 13.0. The fourth-order valence-corrected chi connectivity index (χ4v) is 5.19. The molecule has 0 aromatic heterocycles. The van der Waals surface area contributed by atoms with Crippen LogP contribution in [0, 0.1) is 0 Å². The third-order valence-electron chi connectivity index (χ3n) is 7.05. The van der Waals surface area contributed by atoms with E-state index in [1.54, 1.807) is 0 Å². The van der Waals surface area contributed by atoms with E-state index in [2.05, 4.69) is 36.5 Å². The van der Waals surface area contributed by atoms with Gasteiger partial charge in [0.1, 0.15) is 0 Å². The van der Waals surface area contributed by atoms with Gasteiger partial charge in [0.2, 0.25) is 0 Å². The molecule has 224 valence electrons. The van der Waals surface area contributed by atoms with Crippen molar-refractivity contribution in [1.29, 1.82) is 0 Å². The molecule has 1 atom stereocenters. The second-order valence-corrected chi connectivity index (χ2v) is 12.2. The molecule has 0 bridgehead atoms. The number of carbonyl (C=O) groups is 1. The summed E-state index contributed by atoms with van der Waals surface area (Å²) in [7, 11) is -4.66. The Hall–Kier alpha value is -2.08. The number of allylic oxidation sites excluding steroid dienone is 2. The molecule has 0 spiro atoms. The summed E-state index contributed by atoms with van der Waals surface area (Å²) in [5.41, 5.74) is 3.20. The van der Waals surface area contributed by atoms with Crippen LogP contribution in [0.5, 0.6) is 0 Å². The van der Waals surface area contributed by atoms with Gasteiger partial charge in [-0.05, 0) is 12.8 Å². The summed E-state index contributed by atoms with van der Waals surface area (Å²) in [6.07, 6.45) is 21.2. The number of benzene rings is 2. The molecule has 2 aromatic rings. The molecule has 0 saturated heterocycles. The topological polar surface area (TPSA) is 99.0 Å². The molecule has 4 N–H and O–H groups in total. The van der Waals surface area contributed by atoms with Crippen molar-refractivity contribution in [3.05, 3.63) is 72.3 Å². The Labute approximate surface area is 242 Å². The molecule has 6 nitrogen and oxygen atoms in total. The van der Waals surface area contributed by atoms with Crippen LogP contribution < -0.4 is 5.32 Å². The SMILES string of the molecule is CCCCCCCC/C=C\CCCCCCCC(=O)NC(CO[PH](O)(O)O)Cc1ccc(-c2ccccc2)cc1. The summed E-state index contributed by atoms with van der Waals surface area (Å²) < 4.78 is 4.87. The van der Waals surface area contributed by atoms with Crippen molar-refractivity contribution >= 4 is 14.1 Å². The number of hydrogen-bond acceptors (Lipinski definition) is 5. The van der Waals surface area contributed by atoms with E-state index in [0.29, 0.717) is 12.8 Å². The maximum absolute atomic E-state index is 12.6. The Bertz CT molecular complexity index is 944. The van der Waals surface area contributed by atoms with E-state index in [1.807, 2.05) is 42.5 Å². The zero-order valence-corrected chi connectivity index (χ0v) is 25.4. The Morgan fingerprint density at radius 3 is 1.93 bits per heavy atom. The van der Waals surface area contributed by atoms with Crippen LogP contribution in [0.3, 0.4) is 0 Å². The Morgan fingerprint density at radius 2 is 1.32 bits per heavy atom. The molecule has 0 saturated carbocycles. The quantitative estimate of drug-likeness (QED) is 0.0654. The number of unbranched alkanes of at least 4 members (excludes halogenated alkanes) is 11. The van der Waals surface area contributed by atoms with Gasteiger partial charge in [-0.3, -0.25) is 0 Å². The van der Waals surface area contributed by atoms with E-state index >= 15 is 0 Å². The monoisotopic (exact) mass is 573 g/mol. The second-order valence-electron chi connectivity index (χ2n) is 10.8. The van der Waals surface area contributed by atoms with Crippen molar-refractivity contribution in [1.82, 2.24) is 5.32 Å². The third-order valence-corrected chi connectivity index (χ3v) is 7.61. The van der Waals surface area contributed by atoms with Gasteiger partial charge in [-0.15, -0.1) is 0 Å². The first-order valence-electron chi connectivity index (χ1n) is 15.3. The van der Waals surface area contributed by atoms with Crippen LogP contribution in [0.2, 0.25) is 0 Å². The first kappa shape index (κ1) is 34.1. The van der Waals surface area contributed by atoms with Crippen LogP contribution >= 0.6 is 8.17 Å². The summed E-state index contributed by atoms with van der Waals surface area (Å²) in [4.78, 5) is 40.5. The summed E-state index contributed by atoms with van der Waals surface area (Å²) >= 11 is 0. The molecular formula is C33H52NO5P. The van der Waals surface area contributed by atoms with E-state index in [0.717, 1.165) is 42.4 Å². The number of amides is 1. The standard InChI is InChI=1S/C33H52NO5P/c1-2-3-4-5-6-7-8-9-10-11-12-13-14-15-19-22-33(35)34-32(28-39-40(36,37)38)27-29-23-25-31(26-24-29)30-20-17-16-18-21-30/h9-10,16-18,20-21,23-26,32,36-38,40H,2-8,11-15,19,22,27-28H2,1H3,(H,34,35)/b10-9-. The van der Waals surface area contributed by atoms with Crippen LogP contribution in [0.25, 0.3) is 11.1 Å². The van der Waals surface area contributed by atoms with Gasteiger partial charge in [0, 0.05) is 0 Å². The minimum absolute atomic E-state index is 0.0896. The molecule has 0 heterocycles. The van der Waals surface area contributed by atoms with Gasteiger partial charge in [0.25, 0.3) is 0 Å². The van der Waals surface area contributed by atoms with Crippen LogP contribution in [0.4, 0.5) is 0 Å². The first-order chi connectivity index (χ1) is 19.4. The fraction of sp³-hybridized carbons (Fsp3) is 0.545. The van der Waals surface area contributed by atoms with E-state index in [9.17, 15) is 19.5 Å². The predicted molar refractivity (Wildman–Crippen MR) is 168 cm³/mol. The van der Waals surface area contributed by atoms with Crippen molar-refractivity contribution in [2.24, 2.45) is 0 Å². The summed E-state index contributed by atoms with van der Waals surface area (Å²) in [5.74, 6) is -0.0896. The van der Waals surface area contributed by atoms with Gasteiger partial charge < -0.3 is 0 Å². The van der Waals surface area contributed by atoms with Gasteiger partial charge in [0.05, 0.1) is 0 Å². The molecular weight excluding hydrogens is 521 g/mol. The number of carbonyl (C=O) groups excluding carboxylic acids is 1. The molecule has 0 aliphatic heterocycles. The average molecular weight is 574 g/mol. The van der Waals surface area contributed by atoms with Crippen molar-refractivity contribution in [2.45, 2.75) is 109 Å². The van der Waals surface area contributed by atoms with Crippen LogP contribution in [-0.2, 0) is 15.7 Å². The summed E-state index contributed by atoms with van der Waals surface area (Å²) in [6.45, 7) is 2.08. The third kappa shape index (κ3) is 16.9. The van der Waals surface area contributed by atoms with E-state index in [1.165, 1.54) is 57.8 Å². The van der Waals surface area contributed by atoms with Crippen molar-refractivity contribution in [2.75, 3.05) is 6.61 Å². The fourth-order valence-electron chi connectivity index (χ4n) is 4.77. The molecule has 1 amide bonds. The Balaban J connectivity index is 1.64. The Kier molecular flexibility index (Phi) is 17.7. The number of rotatable bonds is 22. The molecule has 1 unspecified atom stereocenters. The van der Waals surface area contributed by atoms with Crippen LogP contribution in [0.15, 0.2) is 66.7 Å². The molecule has 0 radical (unpaired) electrons. The van der Waals surface area contributed by atoms with Gasteiger partial charge in [-0.1, -0.05) is 51.2 Å². The summed E-state index contributed by atoms with van der Waals surface area (Å²) in [6, 6.07) is 17.6. The summed E-state index contributed by atoms with van der Waals surface area (Å²) in [5, 5.41) is 2.95. The molecule has 0 aliphatic carbocycles. The zero-order valence-electron chi connectivity index (χ0n) is 24.4. The average Bonchev–Trinajstić information content (AvgIpc) is 2.94. The molecule has 0 fully saturated rings. The number of hydrogen-bond donors (Lipinski definition) is 4. The van der Waals surface area contributed by atoms with Crippen molar-refractivity contribution in [3.8, 4) is 11.1 Å². The number of nitrogens with one attached hydrogen (secondary N) is 1. The minimum atomic E-state index is -4.66. The molecule has 2 rings (SSSR count). The van der Waals surface area contributed by atoms with Crippen molar-refractivity contribution in [3.63, 3.8) is 0 Å². The van der Waals surface area contributed by atoms with Gasteiger partial charge in [-0.2, -0.15) is 0 Å². The van der Waals surface area contributed by atoms with Crippen molar-refractivity contribution < 1.29 is 24.0 Å². The second kappa shape index (κ2) is 20.7. The molecule has 7 heteroatoms. The molecule has 40 heavy (non-hydrogen) atoms. The van der Waals surface area contributed by atoms with E-state index in [4.69, 9.17) is 4.52 Å². The predicted octanol–water partition coefficient (Wildman–Crippen LogP) is 7.82. The molecule has 2 aromatic carbocycles. The van der Waals surface area contributed by atoms with Crippen LogP contribution in [0.1, 0.15) is 102 Å². The van der Waals surface area contributed by atoms with Gasteiger partial charge in [-0.25, -0.2) is 0 Å². The Morgan fingerprint density at radius 1 is 0.775 bits per heavy atom.